The molecule has 0 bridgehead atoms. The van der Waals surface area contributed by atoms with E-state index in [4.69, 9.17) is 5.11 Å². The van der Waals surface area contributed by atoms with Gasteiger partial charge < -0.3 is 5.11 Å². The number of aliphatic carboxylic acids is 1. The van der Waals surface area contributed by atoms with E-state index in [2.05, 4.69) is 17.1 Å². The topological polar surface area (TPSA) is 83.4 Å². The highest BCUT2D eigenvalue weighted by Gasteiger charge is 2.36. The van der Waals surface area contributed by atoms with E-state index < -0.39 is 11.9 Å². The van der Waals surface area contributed by atoms with Crippen LogP contribution in [0.15, 0.2) is 0 Å². The average molecular weight is 283 g/mol. The molecule has 7 heteroatoms. The third-order valence-corrected chi connectivity index (χ3v) is 4.16. The molecule has 19 heavy (non-hydrogen) atoms. The van der Waals surface area contributed by atoms with Crippen LogP contribution < -0.4 is 4.90 Å². The Labute approximate surface area is 115 Å². The predicted octanol–water partition coefficient (Wildman–Crippen LogP) is 1.71. The highest BCUT2D eigenvalue weighted by Crippen LogP contribution is 2.28. The van der Waals surface area contributed by atoms with Crippen LogP contribution in [-0.4, -0.2) is 33.7 Å². The molecular formula is C12H17N3O3S. The molecule has 1 fully saturated rings. The van der Waals surface area contributed by atoms with Gasteiger partial charge in [0.1, 0.15) is 5.01 Å². The Morgan fingerprint density at radius 1 is 1.47 bits per heavy atom. The molecule has 0 spiro atoms. The van der Waals surface area contributed by atoms with E-state index in [1.54, 1.807) is 0 Å². The van der Waals surface area contributed by atoms with Crippen molar-refractivity contribution in [2.75, 3.05) is 11.4 Å². The highest BCUT2D eigenvalue weighted by atomic mass is 32.1. The number of aryl methyl sites for hydroxylation is 1. The summed E-state index contributed by atoms with van der Waals surface area (Å²) in [6.07, 6.45) is 4.29. The summed E-state index contributed by atoms with van der Waals surface area (Å²) in [6, 6.07) is 0. The number of carbonyl (C=O) groups is 2. The molecule has 1 atom stereocenters. The van der Waals surface area contributed by atoms with Crippen LogP contribution in [0, 0.1) is 5.92 Å². The molecule has 6 nitrogen and oxygen atoms in total. The average Bonchev–Trinajstić information content (AvgIpc) is 2.96. The van der Waals surface area contributed by atoms with Gasteiger partial charge in [-0.25, -0.2) is 0 Å². The van der Waals surface area contributed by atoms with Gasteiger partial charge in [0, 0.05) is 19.4 Å². The van der Waals surface area contributed by atoms with Crippen molar-refractivity contribution in [1.29, 1.82) is 0 Å². The number of carboxylic acids is 1. The van der Waals surface area contributed by atoms with Crippen LogP contribution in [0.1, 0.15) is 37.6 Å². The number of aromatic nitrogens is 2. The van der Waals surface area contributed by atoms with Gasteiger partial charge in [0.2, 0.25) is 11.0 Å². The minimum Gasteiger partial charge on any atom is -0.481 e. The molecule has 1 aliphatic heterocycles. The first-order valence-electron chi connectivity index (χ1n) is 6.47. The van der Waals surface area contributed by atoms with Gasteiger partial charge in [-0.05, 0) is 6.42 Å². The van der Waals surface area contributed by atoms with Gasteiger partial charge in [-0.2, -0.15) is 0 Å². The fraction of sp³-hybridized carbons (Fsp3) is 0.667. The van der Waals surface area contributed by atoms with Crippen molar-refractivity contribution in [1.82, 2.24) is 10.2 Å². The van der Waals surface area contributed by atoms with E-state index in [9.17, 15) is 9.59 Å². The van der Waals surface area contributed by atoms with Gasteiger partial charge in [-0.1, -0.05) is 31.1 Å². The summed E-state index contributed by atoms with van der Waals surface area (Å²) in [4.78, 5) is 24.1. The summed E-state index contributed by atoms with van der Waals surface area (Å²) in [5.74, 6) is -1.73. The maximum absolute atomic E-state index is 11.8. The zero-order valence-corrected chi connectivity index (χ0v) is 11.7. The van der Waals surface area contributed by atoms with Crippen molar-refractivity contribution < 1.29 is 14.7 Å². The second kappa shape index (κ2) is 6.10. The standard InChI is InChI=1S/C12H17N3O3S/c1-2-3-4-5-9-13-14-12(19-9)15-7-8(11(17)18)6-10(15)16/h8H,2-7H2,1H3,(H,17,18). The van der Waals surface area contributed by atoms with Gasteiger partial charge in [0.25, 0.3) is 0 Å². The molecule has 1 aliphatic rings. The van der Waals surface area contributed by atoms with Crippen molar-refractivity contribution in [3.05, 3.63) is 5.01 Å². The normalized spacial score (nSPS) is 19.1. The summed E-state index contributed by atoms with van der Waals surface area (Å²) in [5, 5.41) is 18.4. The predicted molar refractivity (Wildman–Crippen MR) is 71.2 cm³/mol. The molecular weight excluding hydrogens is 266 g/mol. The lowest BCUT2D eigenvalue weighted by atomic mass is 10.1. The fourth-order valence-corrected chi connectivity index (χ4v) is 2.95. The van der Waals surface area contributed by atoms with Crippen molar-refractivity contribution in [3.63, 3.8) is 0 Å². The third-order valence-electron chi connectivity index (χ3n) is 3.16. The Hall–Kier alpha value is -1.50. The number of carboxylic acid groups (broad SMARTS) is 1. The fourth-order valence-electron chi connectivity index (χ4n) is 2.04. The number of hydrogen-bond donors (Lipinski definition) is 1. The van der Waals surface area contributed by atoms with Crippen LogP contribution >= 0.6 is 11.3 Å². The first-order valence-corrected chi connectivity index (χ1v) is 7.29. The highest BCUT2D eigenvalue weighted by molar-refractivity contribution is 7.15. The van der Waals surface area contributed by atoms with E-state index in [0.717, 1.165) is 30.7 Å². The number of anilines is 1. The molecule has 2 heterocycles. The molecule has 1 aromatic rings. The van der Waals surface area contributed by atoms with Crippen LogP contribution in [0.3, 0.4) is 0 Å². The quantitative estimate of drug-likeness (QED) is 0.803. The van der Waals surface area contributed by atoms with Crippen LogP contribution in [0.5, 0.6) is 0 Å². The Balaban J connectivity index is 1.98. The minimum absolute atomic E-state index is 0.0556. The molecule has 1 aromatic heterocycles. The van der Waals surface area contributed by atoms with E-state index in [1.165, 1.54) is 16.2 Å². The number of rotatable bonds is 6. The summed E-state index contributed by atoms with van der Waals surface area (Å²) in [5.41, 5.74) is 0. The maximum atomic E-state index is 11.8. The monoisotopic (exact) mass is 283 g/mol. The Morgan fingerprint density at radius 3 is 2.89 bits per heavy atom. The van der Waals surface area contributed by atoms with E-state index in [-0.39, 0.29) is 18.9 Å². The SMILES string of the molecule is CCCCCc1nnc(N2CC(C(=O)O)CC2=O)s1. The molecule has 104 valence electrons. The van der Waals surface area contributed by atoms with Crippen LogP contribution in [-0.2, 0) is 16.0 Å². The van der Waals surface area contributed by atoms with Crippen molar-refractivity contribution >= 4 is 28.3 Å². The van der Waals surface area contributed by atoms with Gasteiger partial charge in [-0.3, -0.25) is 14.5 Å². The molecule has 1 amide bonds. The van der Waals surface area contributed by atoms with Gasteiger partial charge in [0.15, 0.2) is 0 Å². The second-order valence-corrected chi connectivity index (χ2v) is 5.72. The molecule has 0 aromatic carbocycles. The Bertz CT molecular complexity index is 475. The molecule has 1 N–H and O–H groups in total. The second-order valence-electron chi connectivity index (χ2n) is 4.68. The molecule has 0 saturated carbocycles. The van der Waals surface area contributed by atoms with Crippen LogP contribution in [0.25, 0.3) is 0 Å². The molecule has 0 aliphatic carbocycles. The number of amides is 1. The van der Waals surface area contributed by atoms with E-state index in [1.807, 2.05) is 0 Å². The summed E-state index contributed by atoms with van der Waals surface area (Å²) in [7, 11) is 0. The molecule has 1 saturated heterocycles. The van der Waals surface area contributed by atoms with E-state index >= 15 is 0 Å². The third kappa shape index (κ3) is 3.28. The number of hydrogen-bond acceptors (Lipinski definition) is 5. The van der Waals surface area contributed by atoms with Crippen LogP contribution in [0.4, 0.5) is 5.13 Å². The van der Waals surface area contributed by atoms with Crippen molar-refractivity contribution in [2.24, 2.45) is 5.92 Å². The first kappa shape index (κ1) is 13.9. The van der Waals surface area contributed by atoms with Crippen LogP contribution in [0.2, 0.25) is 0 Å². The number of unbranched alkanes of at least 4 members (excludes halogenated alkanes) is 2. The number of carbonyl (C=O) groups excluding carboxylic acids is 1. The van der Waals surface area contributed by atoms with E-state index in [0.29, 0.717) is 5.13 Å². The van der Waals surface area contributed by atoms with Gasteiger partial charge >= 0.3 is 5.97 Å². The van der Waals surface area contributed by atoms with Gasteiger partial charge in [0.05, 0.1) is 5.92 Å². The lowest BCUT2D eigenvalue weighted by Gasteiger charge is -2.10. The Kier molecular flexibility index (Phi) is 4.47. The zero-order valence-electron chi connectivity index (χ0n) is 10.8. The zero-order chi connectivity index (χ0) is 13.8. The summed E-state index contributed by atoms with van der Waals surface area (Å²) >= 11 is 1.39. The largest absolute Gasteiger partial charge is 0.481 e. The summed E-state index contributed by atoms with van der Waals surface area (Å²) in [6.45, 7) is 2.35. The minimum atomic E-state index is -0.927. The lowest BCUT2D eigenvalue weighted by Crippen LogP contribution is -2.25. The summed E-state index contributed by atoms with van der Waals surface area (Å²) < 4.78 is 0. The van der Waals surface area contributed by atoms with Crippen molar-refractivity contribution in [3.8, 4) is 0 Å². The lowest BCUT2D eigenvalue weighted by molar-refractivity contribution is -0.141. The Morgan fingerprint density at radius 2 is 2.26 bits per heavy atom. The van der Waals surface area contributed by atoms with Gasteiger partial charge in [-0.15, -0.1) is 10.2 Å². The molecule has 0 radical (unpaired) electrons. The molecule has 2 rings (SSSR count). The first-order chi connectivity index (χ1) is 9.11. The molecule has 1 unspecified atom stereocenters. The smallest absolute Gasteiger partial charge is 0.308 e. The number of nitrogens with zero attached hydrogens (tertiary/aromatic N) is 3. The van der Waals surface area contributed by atoms with Crippen molar-refractivity contribution in [2.45, 2.75) is 39.0 Å². The maximum Gasteiger partial charge on any atom is 0.308 e.